The molecule has 2 saturated carbocycles. The zero-order valence-corrected chi connectivity index (χ0v) is 15.6. The number of esters is 1. The number of carbonyl (C=O) groups excluding carboxylic acids is 3. The second kappa shape index (κ2) is 6.30. The van der Waals surface area contributed by atoms with Crippen LogP contribution in [0.1, 0.15) is 35.2 Å². The Morgan fingerprint density at radius 2 is 1.46 bits per heavy atom. The van der Waals surface area contributed by atoms with Gasteiger partial charge in [0.25, 0.3) is 0 Å². The lowest BCUT2D eigenvalue weighted by atomic mass is 9.81. The van der Waals surface area contributed by atoms with Gasteiger partial charge in [0.05, 0.1) is 23.1 Å². The van der Waals surface area contributed by atoms with Gasteiger partial charge in [-0.05, 0) is 74.4 Å². The number of hydrogen-bond acceptors (Lipinski definition) is 4. The molecule has 4 atom stereocenters. The fraction of sp³-hybridized carbons (Fsp3) is 0.348. The van der Waals surface area contributed by atoms with E-state index in [-0.39, 0.29) is 23.7 Å². The zero-order valence-electron chi connectivity index (χ0n) is 15.6. The van der Waals surface area contributed by atoms with Crippen LogP contribution in [0.3, 0.4) is 0 Å². The minimum Gasteiger partial charge on any atom is -0.423 e. The van der Waals surface area contributed by atoms with Crippen LogP contribution in [-0.2, 0) is 9.59 Å². The zero-order chi connectivity index (χ0) is 19.4. The van der Waals surface area contributed by atoms with Gasteiger partial charge < -0.3 is 4.74 Å². The van der Waals surface area contributed by atoms with Crippen molar-refractivity contribution in [2.45, 2.75) is 26.2 Å². The summed E-state index contributed by atoms with van der Waals surface area (Å²) >= 11 is 0. The average molecular weight is 375 g/mol. The first-order valence-electron chi connectivity index (χ1n) is 9.79. The lowest BCUT2D eigenvalue weighted by Gasteiger charge is -2.19. The maximum absolute atomic E-state index is 12.9. The number of benzene rings is 2. The molecule has 2 amide bonds. The van der Waals surface area contributed by atoms with Crippen LogP contribution in [0.15, 0.2) is 48.5 Å². The van der Waals surface area contributed by atoms with Crippen LogP contribution in [0.5, 0.6) is 5.75 Å². The number of anilines is 1. The topological polar surface area (TPSA) is 63.7 Å². The number of imide groups is 1. The van der Waals surface area contributed by atoms with E-state index in [0.717, 1.165) is 24.8 Å². The van der Waals surface area contributed by atoms with Gasteiger partial charge >= 0.3 is 5.97 Å². The van der Waals surface area contributed by atoms with E-state index >= 15 is 0 Å². The molecule has 1 aliphatic heterocycles. The van der Waals surface area contributed by atoms with Crippen LogP contribution >= 0.6 is 0 Å². The summed E-state index contributed by atoms with van der Waals surface area (Å²) in [4.78, 5) is 39.3. The number of aryl methyl sites for hydroxylation is 1. The van der Waals surface area contributed by atoms with E-state index in [1.165, 1.54) is 4.90 Å². The summed E-state index contributed by atoms with van der Waals surface area (Å²) in [6.45, 7) is 1.95. The minimum atomic E-state index is -0.438. The number of fused-ring (bicyclic) bond motifs is 5. The van der Waals surface area contributed by atoms with Gasteiger partial charge in [0.1, 0.15) is 5.75 Å². The van der Waals surface area contributed by atoms with Gasteiger partial charge in [-0.15, -0.1) is 0 Å². The fourth-order valence-corrected chi connectivity index (χ4v) is 5.18. The summed E-state index contributed by atoms with van der Waals surface area (Å²) in [6.07, 6.45) is 3.15. The molecule has 1 saturated heterocycles. The van der Waals surface area contributed by atoms with Crippen molar-refractivity contribution in [2.24, 2.45) is 23.7 Å². The molecule has 2 aliphatic carbocycles. The molecule has 5 rings (SSSR count). The predicted molar refractivity (Wildman–Crippen MR) is 103 cm³/mol. The van der Waals surface area contributed by atoms with Crippen molar-refractivity contribution in [1.82, 2.24) is 0 Å². The predicted octanol–water partition coefficient (Wildman–Crippen LogP) is 3.75. The molecule has 4 unspecified atom stereocenters. The molecule has 2 aromatic rings. The van der Waals surface area contributed by atoms with Crippen LogP contribution in [0, 0.1) is 30.6 Å². The highest BCUT2D eigenvalue weighted by atomic mass is 16.5. The van der Waals surface area contributed by atoms with Crippen LogP contribution in [-0.4, -0.2) is 17.8 Å². The minimum absolute atomic E-state index is 0.0633. The molecular weight excluding hydrogens is 354 g/mol. The SMILES string of the molecule is Cc1ccc(C(=O)Oc2ccc(N3C(=O)C4C5CCC(C5)C4C3=O)cc2)cc1. The summed E-state index contributed by atoms with van der Waals surface area (Å²) in [5.41, 5.74) is 2.10. The van der Waals surface area contributed by atoms with Crippen molar-refractivity contribution >= 4 is 23.5 Å². The second-order valence-corrected chi connectivity index (χ2v) is 8.15. The Kier molecular flexibility index (Phi) is 3.86. The molecule has 142 valence electrons. The van der Waals surface area contributed by atoms with E-state index in [2.05, 4.69) is 0 Å². The van der Waals surface area contributed by atoms with E-state index in [0.29, 0.717) is 28.8 Å². The molecule has 0 N–H and O–H groups in total. The van der Waals surface area contributed by atoms with E-state index in [1.807, 2.05) is 19.1 Å². The highest BCUT2D eigenvalue weighted by Crippen LogP contribution is 2.56. The monoisotopic (exact) mass is 375 g/mol. The number of nitrogens with zero attached hydrogens (tertiary/aromatic N) is 1. The van der Waals surface area contributed by atoms with E-state index in [9.17, 15) is 14.4 Å². The molecule has 1 heterocycles. The third-order valence-corrected chi connectivity index (χ3v) is 6.52. The number of ether oxygens (including phenoxy) is 1. The number of hydrogen-bond donors (Lipinski definition) is 0. The van der Waals surface area contributed by atoms with Crippen molar-refractivity contribution < 1.29 is 19.1 Å². The van der Waals surface area contributed by atoms with Crippen molar-refractivity contribution in [3.05, 3.63) is 59.7 Å². The lowest BCUT2D eigenvalue weighted by molar-refractivity contribution is -0.123. The summed E-state index contributed by atoms with van der Waals surface area (Å²) in [5, 5.41) is 0. The quantitative estimate of drug-likeness (QED) is 0.466. The van der Waals surface area contributed by atoms with Gasteiger partial charge in [-0.2, -0.15) is 0 Å². The number of carbonyl (C=O) groups is 3. The second-order valence-electron chi connectivity index (χ2n) is 8.15. The third kappa shape index (κ3) is 2.57. The normalized spacial score (nSPS) is 28.0. The molecule has 3 aliphatic rings. The summed E-state index contributed by atoms with van der Waals surface area (Å²) in [6, 6.07) is 13.8. The van der Waals surface area contributed by atoms with Gasteiger partial charge in [0.2, 0.25) is 11.8 Å². The lowest BCUT2D eigenvalue weighted by Crippen LogP contribution is -2.32. The standard InChI is InChI=1S/C23H21NO4/c1-13-2-4-14(5-3-13)23(27)28-18-10-8-17(9-11-18)24-21(25)19-15-6-7-16(12-15)20(19)22(24)26/h2-5,8-11,15-16,19-20H,6-7,12H2,1H3. The van der Waals surface area contributed by atoms with Crippen molar-refractivity contribution in [1.29, 1.82) is 0 Å². The van der Waals surface area contributed by atoms with Crippen molar-refractivity contribution in [3.8, 4) is 5.75 Å². The highest BCUT2D eigenvalue weighted by molar-refractivity contribution is 6.22. The fourth-order valence-electron chi connectivity index (χ4n) is 5.18. The Hall–Kier alpha value is -2.95. The summed E-state index contributed by atoms with van der Waals surface area (Å²) in [7, 11) is 0. The van der Waals surface area contributed by atoms with Gasteiger partial charge in [-0.3, -0.25) is 14.5 Å². The highest BCUT2D eigenvalue weighted by Gasteiger charge is 2.61. The first-order chi connectivity index (χ1) is 13.5. The molecular formula is C23H21NO4. The molecule has 2 aromatic carbocycles. The van der Waals surface area contributed by atoms with Crippen LogP contribution < -0.4 is 9.64 Å². The average Bonchev–Trinajstić information content (AvgIpc) is 3.37. The third-order valence-electron chi connectivity index (χ3n) is 6.52. The molecule has 5 heteroatoms. The molecule has 5 nitrogen and oxygen atoms in total. The van der Waals surface area contributed by atoms with Crippen LogP contribution in [0.25, 0.3) is 0 Å². The van der Waals surface area contributed by atoms with Gasteiger partial charge in [-0.1, -0.05) is 17.7 Å². The maximum atomic E-state index is 12.9. The van der Waals surface area contributed by atoms with Crippen molar-refractivity contribution in [2.75, 3.05) is 4.90 Å². The maximum Gasteiger partial charge on any atom is 0.343 e. The Balaban J connectivity index is 1.33. The summed E-state index contributed by atoms with van der Waals surface area (Å²) < 4.78 is 5.40. The smallest absolute Gasteiger partial charge is 0.343 e. The first-order valence-corrected chi connectivity index (χ1v) is 9.79. The molecule has 0 aromatic heterocycles. The van der Waals surface area contributed by atoms with Crippen LogP contribution in [0.2, 0.25) is 0 Å². The van der Waals surface area contributed by atoms with E-state index in [1.54, 1.807) is 36.4 Å². The molecule has 3 fully saturated rings. The first kappa shape index (κ1) is 17.2. The Bertz CT molecular complexity index is 935. The Labute approximate surface area is 163 Å². The number of amides is 2. The number of rotatable bonds is 3. The molecule has 28 heavy (non-hydrogen) atoms. The van der Waals surface area contributed by atoms with Crippen molar-refractivity contribution in [3.63, 3.8) is 0 Å². The van der Waals surface area contributed by atoms with Crippen LogP contribution in [0.4, 0.5) is 5.69 Å². The molecule has 0 spiro atoms. The Morgan fingerprint density at radius 1 is 0.893 bits per heavy atom. The molecule has 0 radical (unpaired) electrons. The molecule has 2 bridgehead atoms. The van der Waals surface area contributed by atoms with Gasteiger partial charge in [0.15, 0.2) is 0 Å². The van der Waals surface area contributed by atoms with Gasteiger partial charge in [-0.25, -0.2) is 4.79 Å². The van der Waals surface area contributed by atoms with E-state index in [4.69, 9.17) is 4.74 Å². The van der Waals surface area contributed by atoms with Gasteiger partial charge in [0, 0.05) is 0 Å². The van der Waals surface area contributed by atoms with E-state index < -0.39 is 5.97 Å². The Morgan fingerprint density at radius 3 is 2.04 bits per heavy atom. The summed E-state index contributed by atoms with van der Waals surface area (Å²) in [5.74, 6) is 0.284. The largest absolute Gasteiger partial charge is 0.423 e.